The highest BCUT2D eigenvalue weighted by Gasteiger charge is 2.32. The van der Waals surface area contributed by atoms with Crippen molar-refractivity contribution in [3.63, 3.8) is 0 Å². The minimum atomic E-state index is -4.26. The lowest BCUT2D eigenvalue weighted by Gasteiger charge is -2.32. The Balaban J connectivity index is 2.03. The van der Waals surface area contributed by atoms with Crippen molar-refractivity contribution in [1.29, 1.82) is 0 Å². The number of carbonyl (C=O) groups is 2. The van der Waals surface area contributed by atoms with E-state index in [-0.39, 0.29) is 34.0 Å². The Labute approximate surface area is 242 Å². The highest BCUT2D eigenvalue weighted by atomic mass is 79.9. The van der Waals surface area contributed by atoms with E-state index in [0.717, 1.165) is 26.5 Å². The molecule has 11 heteroatoms. The molecule has 7 nitrogen and oxygen atoms in total. The molecule has 2 amide bonds. The second kappa shape index (κ2) is 13.4. The minimum absolute atomic E-state index is 0.0120. The van der Waals surface area contributed by atoms with Crippen molar-refractivity contribution in [1.82, 2.24) is 10.2 Å². The molecule has 39 heavy (non-hydrogen) atoms. The van der Waals surface area contributed by atoms with Crippen LogP contribution in [0.15, 0.2) is 82.2 Å². The number of nitrogens with one attached hydrogen (secondary N) is 1. The van der Waals surface area contributed by atoms with Gasteiger partial charge in [0.25, 0.3) is 10.0 Å². The van der Waals surface area contributed by atoms with Crippen molar-refractivity contribution in [2.75, 3.05) is 17.4 Å². The van der Waals surface area contributed by atoms with Crippen LogP contribution in [-0.4, -0.2) is 44.3 Å². The number of benzene rings is 3. The third kappa shape index (κ3) is 8.03. The van der Waals surface area contributed by atoms with E-state index in [4.69, 9.17) is 11.6 Å². The molecular formula is C28H30BrClFN3O4S. The second-order valence-electron chi connectivity index (χ2n) is 9.39. The Hall–Kier alpha value is -2.95. The fourth-order valence-corrected chi connectivity index (χ4v) is 5.80. The van der Waals surface area contributed by atoms with Crippen molar-refractivity contribution in [3.8, 4) is 0 Å². The molecule has 0 aromatic heterocycles. The van der Waals surface area contributed by atoms with Gasteiger partial charge in [-0.2, -0.15) is 0 Å². The number of hydrogen-bond donors (Lipinski definition) is 1. The smallest absolute Gasteiger partial charge is 0.264 e. The van der Waals surface area contributed by atoms with Crippen LogP contribution in [0.1, 0.15) is 26.3 Å². The predicted octanol–water partition coefficient (Wildman–Crippen LogP) is 5.63. The Kier molecular flexibility index (Phi) is 10.5. The normalized spacial score (nSPS) is 12.2. The van der Waals surface area contributed by atoms with Gasteiger partial charge in [-0.3, -0.25) is 13.9 Å². The van der Waals surface area contributed by atoms with Crippen molar-refractivity contribution in [2.24, 2.45) is 5.92 Å². The Morgan fingerprint density at radius 1 is 1.00 bits per heavy atom. The van der Waals surface area contributed by atoms with Crippen LogP contribution in [-0.2, 0) is 26.2 Å². The number of hydrogen-bond acceptors (Lipinski definition) is 4. The summed E-state index contributed by atoms with van der Waals surface area (Å²) >= 11 is 9.40. The summed E-state index contributed by atoms with van der Waals surface area (Å²) in [7, 11) is -4.26. The van der Waals surface area contributed by atoms with Gasteiger partial charge in [0.2, 0.25) is 11.8 Å². The van der Waals surface area contributed by atoms with Crippen LogP contribution < -0.4 is 9.62 Å². The molecule has 0 saturated heterocycles. The summed E-state index contributed by atoms with van der Waals surface area (Å²) in [5.74, 6) is -1.52. The zero-order valence-electron chi connectivity index (χ0n) is 21.8. The van der Waals surface area contributed by atoms with E-state index >= 15 is 0 Å². The molecule has 0 aliphatic carbocycles. The van der Waals surface area contributed by atoms with Crippen LogP contribution in [0.2, 0.25) is 5.02 Å². The quantitative estimate of drug-likeness (QED) is 0.295. The first-order valence-electron chi connectivity index (χ1n) is 12.2. The van der Waals surface area contributed by atoms with E-state index in [0.29, 0.717) is 6.54 Å². The SMILES string of the molecule is CC(C)CNC(=O)[C@H](C)N(Cc1cccc(Br)c1)C(=O)CN(c1ccc(F)c(Cl)c1)S(=O)(=O)c1ccccc1. The minimum Gasteiger partial charge on any atom is -0.354 e. The number of rotatable bonds is 11. The molecular weight excluding hydrogens is 609 g/mol. The van der Waals surface area contributed by atoms with Crippen molar-refractivity contribution < 1.29 is 22.4 Å². The third-order valence-electron chi connectivity index (χ3n) is 5.90. The number of carbonyl (C=O) groups excluding carboxylic acids is 2. The monoisotopic (exact) mass is 637 g/mol. The van der Waals surface area contributed by atoms with Crippen molar-refractivity contribution in [2.45, 2.75) is 38.3 Å². The molecule has 1 N–H and O–H groups in total. The highest BCUT2D eigenvalue weighted by molar-refractivity contribution is 9.10. The maximum absolute atomic E-state index is 13.9. The van der Waals surface area contributed by atoms with Gasteiger partial charge in [0.05, 0.1) is 15.6 Å². The zero-order valence-corrected chi connectivity index (χ0v) is 24.9. The first-order chi connectivity index (χ1) is 18.4. The number of halogens is 3. The topological polar surface area (TPSA) is 86.8 Å². The predicted molar refractivity (Wildman–Crippen MR) is 154 cm³/mol. The van der Waals surface area contributed by atoms with Crippen molar-refractivity contribution >= 4 is 55.1 Å². The van der Waals surface area contributed by atoms with E-state index in [1.165, 1.54) is 23.1 Å². The molecule has 0 radical (unpaired) electrons. The Morgan fingerprint density at radius 2 is 1.69 bits per heavy atom. The van der Waals surface area contributed by atoms with Gasteiger partial charge in [0.15, 0.2) is 0 Å². The Morgan fingerprint density at radius 3 is 2.31 bits per heavy atom. The summed E-state index contributed by atoms with van der Waals surface area (Å²) < 4.78 is 43.0. The lowest BCUT2D eigenvalue weighted by molar-refractivity contribution is -0.139. The first-order valence-corrected chi connectivity index (χ1v) is 14.9. The first kappa shape index (κ1) is 30.6. The van der Waals surface area contributed by atoms with Crippen LogP contribution in [0.3, 0.4) is 0 Å². The number of nitrogens with zero attached hydrogens (tertiary/aromatic N) is 2. The second-order valence-corrected chi connectivity index (χ2v) is 12.6. The van der Waals surface area contributed by atoms with Gasteiger partial charge in [-0.05, 0) is 60.9 Å². The van der Waals surface area contributed by atoms with E-state index in [9.17, 15) is 22.4 Å². The van der Waals surface area contributed by atoms with E-state index in [1.54, 1.807) is 31.2 Å². The summed E-state index contributed by atoms with van der Waals surface area (Å²) in [5, 5.41) is 2.55. The molecule has 0 bridgehead atoms. The molecule has 1 atom stereocenters. The molecule has 0 aliphatic rings. The molecule has 0 fully saturated rings. The van der Waals surface area contributed by atoms with Crippen LogP contribution in [0.25, 0.3) is 0 Å². The molecule has 0 aliphatic heterocycles. The lowest BCUT2D eigenvalue weighted by Crippen LogP contribution is -2.51. The third-order valence-corrected chi connectivity index (χ3v) is 8.47. The fraction of sp³-hybridized carbons (Fsp3) is 0.286. The van der Waals surface area contributed by atoms with E-state index in [1.807, 2.05) is 32.0 Å². The zero-order chi connectivity index (χ0) is 28.7. The van der Waals surface area contributed by atoms with Gasteiger partial charge in [-0.1, -0.05) is 71.7 Å². The molecule has 0 spiro atoms. The summed E-state index contributed by atoms with van der Waals surface area (Å²) in [6, 6.07) is 17.4. The van der Waals surface area contributed by atoms with Crippen LogP contribution in [0.5, 0.6) is 0 Å². The van der Waals surface area contributed by atoms with Gasteiger partial charge in [0, 0.05) is 17.6 Å². The molecule has 0 heterocycles. The van der Waals surface area contributed by atoms with Gasteiger partial charge in [0.1, 0.15) is 18.4 Å². The molecule has 208 valence electrons. The maximum atomic E-state index is 13.9. The molecule has 0 saturated carbocycles. The molecule has 3 rings (SSSR count). The summed E-state index contributed by atoms with van der Waals surface area (Å²) in [4.78, 5) is 28.1. The van der Waals surface area contributed by atoms with Gasteiger partial charge in [-0.15, -0.1) is 0 Å². The number of sulfonamides is 1. The molecule has 3 aromatic rings. The van der Waals surface area contributed by atoms with Gasteiger partial charge >= 0.3 is 0 Å². The van der Waals surface area contributed by atoms with E-state index < -0.39 is 34.3 Å². The standard InChI is InChI=1S/C28H30BrClFN3O4S/c1-19(2)16-32-28(36)20(3)33(17-21-8-7-9-22(29)14-21)27(35)18-34(23-12-13-26(31)25(30)15-23)39(37,38)24-10-5-4-6-11-24/h4-15,19-20H,16-18H2,1-3H3,(H,32,36)/t20-/m0/s1. The number of anilines is 1. The summed E-state index contributed by atoms with van der Waals surface area (Å²) in [6.45, 7) is 5.33. The van der Waals surface area contributed by atoms with Crippen LogP contribution >= 0.6 is 27.5 Å². The summed E-state index contributed by atoms with van der Waals surface area (Å²) in [6.07, 6.45) is 0. The number of amides is 2. The average Bonchev–Trinajstić information content (AvgIpc) is 2.90. The van der Waals surface area contributed by atoms with Gasteiger partial charge in [-0.25, -0.2) is 12.8 Å². The average molecular weight is 639 g/mol. The lowest BCUT2D eigenvalue weighted by atomic mass is 10.1. The van der Waals surface area contributed by atoms with E-state index in [2.05, 4.69) is 21.2 Å². The van der Waals surface area contributed by atoms with Crippen LogP contribution in [0, 0.1) is 11.7 Å². The Bertz CT molecular complexity index is 1420. The largest absolute Gasteiger partial charge is 0.354 e. The molecule has 3 aromatic carbocycles. The van der Waals surface area contributed by atoms with Crippen LogP contribution in [0.4, 0.5) is 10.1 Å². The highest BCUT2D eigenvalue weighted by Crippen LogP contribution is 2.28. The van der Waals surface area contributed by atoms with Crippen molar-refractivity contribution in [3.05, 3.63) is 93.7 Å². The summed E-state index contributed by atoms with van der Waals surface area (Å²) in [5.41, 5.74) is 0.751. The maximum Gasteiger partial charge on any atom is 0.264 e. The fourth-order valence-electron chi connectivity index (χ4n) is 3.76. The van der Waals surface area contributed by atoms with Gasteiger partial charge < -0.3 is 10.2 Å². The molecule has 0 unspecified atom stereocenters.